The molecule has 1 N–H and O–H groups in total. The number of hydrogen-bond donors (Lipinski definition) is 1. The Morgan fingerprint density at radius 2 is 1.83 bits per heavy atom. The fourth-order valence-corrected chi connectivity index (χ4v) is 1.34. The Labute approximate surface area is 117 Å². The molecule has 8 heteroatoms. The molecule has 0 aromatic carbocycles. The Kier molecular flexibility index (Phi) is 5.34. The zero-order chi connectivity index (χ0) is 8.48. The molecule has 1 radical (unpaired) electrons. The van der Waals surface area contributed by atoms with Crippen LogP contribution in [0.3, 0.4) is 0 Å². The fraction of sp³-hybridized carbons (Fsp3) is 0. The largest absolute Gasteiger partial charge is 0.315 e. The van der Waals surface area contributed by atoms with Crippen LogP contribution in [0, 0.1) is 0 Å². The van der Waals surface area contributed by atoms with Crippen LogP contribution in [0.2, 0.25) is 5.15 Å². The molecular weight excluding hydrogens is 231 g/mol. The van der Waals surface area contributed by atoms with E-state index in [1.807, 2.05) is 0 Å². The first-order valence-electron chi connectivity index (χ1n) is 2.46. The molecule has 1 aromatic rings. The van der Waals surface area contributed by atoms with Gasteiger partial charge < -0.3 is 0 Å². The number of nitrogens with zero attached hydrogens (tertiary/aromatic N) is 2. The van der Waals surface area contributed by atoms with Gasteiger partial charge in [0.05, 0.1) is 0 Å². The molecule has 5 nitrogen and oxygen atoms in total. The molecule has 0 fully saturated rings. The monoisotopic (exact) mass is 233 g/mol. The Morgan fingerprint density at radius 3 is 2.17 bits per heavy atom. The smallest absolute Gasteiger partial charge is 0.281 e. The molecule has 0 aliphatic carbocycles. The van der Waals surface area contributed by atoms with Crippen molar-refractivity contribution in [2.24, 2.45) is 0 Å². The van der Waals surface area contributed by atoms with Crippen LogP contribution in [0.25, 0.3) is 0 Å². The van der Waals surface area contributed by atoms with E-state index in [9.17, 15) is 8.42 Å². The van der Waals surface area contributed by atoms with E-state index in [4.69, 9.17) is 16.2 Å². The van der Waals surface area contributed by atoms with Crippen LogP contribution < -0.4 is 0 Å². The van der Waals surface area contributed by atoms with Crippen LogP contribution in [-0.2, 0) is 10.1 Å². The molecule has 0 saturated carbocycles. The molecule has 12 heavy (non-hydrogen) atoms. The second kappa shape index (κ2) is 4.96. The summed E-state index contributed by atoms with van der Waals surface area (Å²) < 4.78 is 29.3. The average molecular weight is 234 g/mol. The van der Waals surface area contributed by atoms with Crippen LogP contribution >= 0.6 is 11.6 Å². The van der Waals surface area contributed by atoms with Crippen molar-refractivity contribution in [3.63, 3.8) is 0 Å². The zero-order valence-electron chi connectivity index (χ0n) is 6.10. The fourth-order valence-electron chi connectivity index (χ4n) is 0.481. The van der Waals surface area contributed by atoms with Crippen molar-refractivity contribution in [1.29, 1.82) is 0 Å². The van der Waals surface area contributed by atoms with Crippen molar-refractivity contribution < 1.29 is 13.0 Å². The predicted molar refractivity (Wildman–Crippen MR) is 42.6 cm³/mol. The van der Waals surface area contributed by atoms with Crippen LogP contribution in [0.5, 0.6) is 0 Å². The van der Waals surface area contributed by atoms with E-state index < -0.39 is 15.1 Å². The van der Waals surface area contributed by atoms with E-state index >= 15 is 0 Å². The van der Waals surface area contributed by atoms with Gasteiger partial charge in [0, 0.05) is 63.8 Å². The van der Waals surface area contributed by atoms with Gasteiger partial charge in [-0.1, -0.05) is 11.6 Å². The van der Waals surface area contributed by atoms with E-state index in [1.54, 1.807) is 0 Å². The summed E-state index contributed by atoms with van der Waals surface area (Å²) in [6.45, 7) is 0. The van der Waals surface area contributed by atoms with Gasteiger partial charge in [0.1, 0.15) is 0 Å². The van der Waals surface area contributed by atoms with Crippen LogP contribution in [0.15, 0.2) is 17.4 Å². The van der Waals surface area contributed by atoms with Crippen molar-refractivity contribution in [2.45, 2.75) is 5.03 Å². The summed E-state index contributed by atoms with van der Waals surface area (Å²) in [4.78, 5) is 6.73. The summed E-state index contributed by atoms with van der Waals surface area (Å²) in [6, 6.07) is 0. The molecule has 1 aromatic heterocycles. The Bertz CT molecular complexity index is 368. The SMILES string of the molecule is O=S(=O)(O)c1nccnc1Cl.[K]. The molecule has 1 heterocycles. The average Bonchev–Trinajstić information content (AvgIpc) is 1.86. The molecule has 0 unspecified atom stereocenters. The van der Waals surface area contributed by atoms with E-state index in [0.717, 1.165) is 6.20 Å². The minimum atomic E-state index is -4.34. The van der Waals surface area contributed by atoms with Crippen LogP contribution in [-0.4, -0.2) is 74.3 Å². The summed E-state index contributed by atoms with van der Waals surface area (Å²) in [5, 5.41) is -0.961. The third-order valence-electron chi connectivity index (χ3n) is 0.867. The number of hydrogen-bond acceptors (Lipinski definition) is 4. The Morgan fingerprint density at radius 1 is 1.33 bits per heavy atom. The maximum atomic E-state index is 10.4. The molecule has 0 amide bonds. The predicted octanol–water partition coefficient (Wildman–Crippen LogP) is -0.00410. The van der Waals surface area contributed by atoms with E-state index in [2.05, 4.69) is 9.97 Å². The van der Waals surface area contributed by atoms with Crippen LogP contribution in [0.4, 0.5) is 0 Å². The molecule has 0 aliphatic heterocycles. The van der Waals surface area contributed by atoms with Crippen molar-refractivity contribution in [2.75, 3.05) is 0 Å². The number of aromatic nitrogens is 2. The Hall–Kier alpha value is 0.916. The molecule has 0 bridgehead atoms. The summed E-state index contributed by atoms with van der Waals surface area (Å²) >= 11 is 5.30. The van der Waals surface area contributed by atoms with Gasteiger partial charge in [0.25, 0.3) is 0 Å². The van der Waals surface area contributed by atoms with E-state index in [-0.39, 0.29) is 56.5 Å². The van der Waals surface area contributed by atoms with Gasteiger partial charge >= 0.3 is 10.1 Å². The van der Waals surface area contributed by atoms with Gasteiger partial charge in [0.2, 0.25) is 5.03 Å². The van der Waals surface area contributed by atoms with Gasteiger partial charge in [-0.3, -0.25) is 4.55 Å². The van der Waals surface area contributed by atoms with Gasteiger partial charge in [0.15, 0.2) is 5.15 Å². The second-order valence-electron chi connectivity index (χ2n) is 1.63. The molecule has 1 rings (SSSR count). The summed E-state index contributed by atoms with van der Waals surface area (Å²) in [5.41, 5.74) is 0. The normalized spacial score (nSPS) is 10.5. The Balaban J connectivity index is 0.00000121. The first kappa shape index (κ1) is 12.9. The van der Waals surface area contributed by atoms with Gasteiger partial charge in [-0.15, -0.1) is 0 Å². The minimum absolute atomic E-state index is 0. The van der Waals surface area contributed by atoms with Gasteiger partial charge in [-0.25, -0.2) is 9.97 Å². The molecule has 0 aliphatic rings. The zero-order valence-corrected chi connectivity index (χ0v) is 10.8. The van der Waals surface area contributed by atoms with E-state index in [1.165, 1.54) is 6.20 Å². The summed E-state index contributed by atoms with van der Waals surface area (Å²) in [7, 11) is -4.34. The molecule has 0 spiro atoms. The van der Waals surface area contributed by atoms with Crippen molar-refractivity contribution in [3.05, 3.63) is 17.5 Å². The maximum Gasteiger partial charge on any atom is 0.315 e. The van der Waals surface area contributed by atoms with Crippen molar-refractivity contribution in [3.8, 4) is 0 Å². The topological polar surface area (TPSA) is 80.2 Å². The molecular formula is C4H3ClKN2O3S. The minimum Gasteiger partial charge on any atom is -0.281 e. The third-order valence-corrected chi connectivity index (χ3v) is 2.04. The van der Waals surface area contributed by atoms with Crippen molar-refractivity contribution >= 4 is 73.1 Å². The quantitative estimate of drug-likeness (QED) is 0.545. The molecule has 0 atom stereocenters. The first-order valence-corrected chi connectivity index (χ1v) is 4.27. The molecule has 0 saturated heterocycles. The number of halogens is 1. The molecule has 61 valence electrons. The van der Waals surface area contributed by atoms with Crippen molar-refractivity contribution in [1.82, 2.24) is 9.97 Å². The maximum absolute atomic E-state index is 10.4. The number of rotatable bonds is 1. The van der Waals surface area contributed by atoms with Crippen LogP contribution in [0.1, 0.15) is 0 Å². The standard InChI is InChI=1S/C4H3ClN2O3S.K/c5-3-4(11(8,9)10)7-2-1-6-3;/h1-2H,(H,8,9,10);. The third kappa shape index (κ3) is 3.34. The van der Waals surface area contributed by atoms with Gasteiger partial charge in [-0.2, -0.15) is 8.42 Å². The first-order chi connectivity index (χ1) is 5.02. The van der Waals surface area contributed by atoms with Gasteiger partial charge in [-0.05, 0) is 0 Å². The summed E-state index contributed by atoms with van der Waals surface area (Å²) in [6.07, 6.45) is 2.34. The summed E-state index contributed by atoms with van der Waals surface area (Å²) in [5.74, 6) is 0. The second-order valence-corrected chi connectivity index (χ2v) is 3.32. The van der Waals surface area contributed by atoms with E-state index in [0.29, 0.717) is 0 Å².